The number of aliphatic carboxylic acids is 1. The minimum absolute atomic E-state index is 0.273. The second-order valence-corrected chi connectivity index (χ2v) is 6.48. The summed E-state index contributed by atoms with van der Waals surface area (Å²) >= 11 is 6.76. The number of carbonyl (C=O) groups is 1. The highest BCUT2D eigenvalue weighted by Crippen LogP contribution is 2.25. The third-order valence-corrected chi connectivity index (χ3v) is 4.79. The summed E-state index contributed by atoms with van der Waals surface area (Å²) in [6.07, 6.45) is 0.661. The van der Waals surface area contributed by atoms with E-state index in [2.05, 4.69) is 31.9 Å². The molecular formula is C16H13Br2FO2. The van der Waals surface area contributed by atoms with Crippen molar-refractivity contribution in [3.8, 4) is 0 Å². The van der Waals surface area contributed by atoms with Crippen molar-refractivity contribution in [2.45, 2.75) is 12.8 Å². The van der Waals surface area contributed by atoms with Gasteiger partial charge in [-0.25, -0.2) is 4.39 Å². The maximum atomic E-state index is 13.3. The zero-order valence-electron chi connectivity index (χ0n) is 11.0. The van der Waals surface area contributed by atoms with Crippen molar-refractivity contribution in [2.24, 2.45) is 5.92 Å². The Kier molecular flexibility index (Phi) is 5.53. The number of rotatable bonds is 5. The van der Waals surface area contributed by atoms with Gasteiger partial charge in [0.2, 0.25) is 0 Å². The van der Waals surface area contributed by atoms with Crippen molar-refractivity contribution >= 4 is 37.8 Å². The lowest BCUT2D eigenvalue weighted by Crippen LogP contribution is -2.19. The predicted octanol–water partition coefficient (Wildman–Crippen LogP) is 4.84. The summed E-state index contributed by atoms with van der Waals surface area (Å²) in [6.45, 7) is 0. The topological polar surface area (TPSA) is 37.3 Å². The lowest BCUT2D eigenvalue weighted by Gasteiger charge is -2.14. The van der Waals surface area contributed by atoms with Crippen LogP contribution in [0.2, 0.25) is 0 Å². The van der Waals surface area contributed by atoms with Gasteiger partial charge < -0.3 is 5.11 Å². The molecule has 21 heavy (non-hydrogen) atoms. The van der Waals surface area contributed by atoms with Crippen LogP contribution in [0.3, 0.4) is 0 Å². The molecule has 1 N–H and O–H groups in total. The van der Waals surface area contributed by atoms with E-state index in [9.17, 15) is 14.3 Å². The Hall–Kier alpha value is -1.20. The zero-order valence-corrected chi connectivity index (χ0v) is 14.2. The zero-order chi connectivity index (χ0) is 15.4. The first kappa shape index (κ1) is 16.2. The van der Waals surface area contributed by atoms with Crippen LogP contribution in [0.15, 0.2) is 51.4 Å². The number of benzene rings is 2. The molecule has 1 unspecified atom stereocenters. The van der Waals surface area contributed by atoms with Gasteiger partial charge in [-0.3, -0.25) is 4.79 Å². The smallest absolute Gasteiger partial charge is 0.307 e. The molecule has 0 saturated carbocycles. The molecule has 0 heterocycles. The lowest BCUT2D eigenvalue weighted by atomic mass is 9.92. The third-order valence-electron chi connectivity index (χ3n) is 3.25. The molecule has 2 aromatic rings. The van der Waals surface area contributed by atoms with Crippen LogP contribution in [0.1, 0.15) is 11.1 Å². The standard InChI is InChI=1S/C16H13Br2FO2/c17-14-4-2-1-3-10(14)7-12(16(20)21)8-11-9-13(19)5-6-15(11)18/h1-6,9,12H,7-8H2,(H,20,21). The van der Waals surface area contributed by atoms with Crippen LogP contribution in [0.25, 0.3) is 0 Å². The number of carboxylic acid groups (broad SMARTS) is 1. The average Bonchev–Trinajstić information content (AvgIpc) is 2.44. The molecule has 2 nitrogen and oxygen atoms in total. The summed E-state index contributed by atoms with van der Waals surface area (Å²) in [4.78, 5) is 11.5. The third kappa shape index (κ3) is 4.38. The van der Waals surface area contributed by atoms with E-state index >= 15 is 0 Å². The van der Waals surface area contributed by atoms with E-state index in [1.54, 1.807) is 6.07 Å². The van der Waals surface area contributed by atoms with E-state index in [4.69, 9.17) is 0 Å². The largest absolute Gasteiger partial charge is 0.481 e. The second-order valence-electron chi connectivity index (χ2n) is 4.77. The molecule has 2 rings (SSSR count). The van der Waals surface area contributed by atoms with Gasteiger partial charge in [-0.2, -0.15) is 0 Å². The Morgan fingerprint density at radius 3 is 2.33 bits per heavy atom. The fourth-order valence-corrected chi connectivity index (χ4v) is 3.00. The maximum absolute atomic E-state index is 13.3. The lowest BCUT2D eigenvalue weighted by molar-refractivity contribution is -0.141. The van der Waals surface area contributed by atoms with Crippen LogP contribution in [-0.2, 0) is 17.6 Å². The highest BCUT2D eigenvalue weighted by molar-refractivity contribution is 9.10. The molecule has 0 fully saturated rings. The van der Waals surface area contributed by atoms with Crippen molar-refractivity contribution < 1.29 is 14.3 Å². The van der Waals surface area contributed by atoms with Gasteiger partial charge in [0, 0.05) is 8.95 Å². The Morgan fingerprint density at radius 1 is 1.05 bits per heavy atom. The Labute approximate surface area is 139 Å². The molecule has 0 aliphatic carbocycles. The number of halogens is 3. The molecule has 0 spiro atoms. The first-order valence-electron chi connectivity index (χ1n) is 6.37. The average molecular weight is 416 g/mol. The number of hydrogen-bond donors (Lipinski definition) is 1. The Bertz CT molecular complexity index is 658. The van der Waals surface area contributed by atoms with E-state index in [1.807, 2.05) is 24.3 Å². The highest BCUT2D eigenvalue weighted by Gasteiger charge is 2.21. The van der Waals surface area contributed by atoms with Gasteiger partial charge >= 0.3 is 5.97 Å². The summed E-state index contributed by atoms with van der Waals surface area (Å²) in [7, 11) is 0. The SMILES string of the molecule is O=C(O)C(Cc1ccccc1Br)Cc1cc(F)ccc1Br. The van der Waals surface area contributed by atoms with Crippen LogP contribution in [0.4, 0.5) is 4.39 Å². The van der Waals surface area contributed by atoms with Gasteiger partial charge in [0.15, 0.2) is 0 Å². The van der Waals surface area contributed by atoms with Gasteiger partial charge in [0.25, 0.3) is 0 Å². The van der Waals surface area contributed by atoms with Crippen molar-refractivity contribution in [2.75, 3.05) is 0 Å². The van der Waals surface area contributed by atoms with Crippen LogP contribution in [-0.4, -0.2) is 11.1 Å². The van der Waals surface area contributed by atoms with Crippen molar-refractivity contribution in [1.29, 1.82) is 0 Å². The first-order chi connectivity index (χ1) is 9.97. The van der Waals surface area contributed by atoms with Gasteiger partial charge in [-0.05, 0) is 48.2 Å². The summed E-state index contributed by atoms with van der Waals surface area (Å²) in [5, 5.41) is 9.42. The van der Waals surface area contributed by atoms with Crippen molar-refractivity contribution in [1.82, 2.24) is 0 Å². The van der Waals surface area contributed by atoms with E-state index in [0.29, 0.717) is 12.0 Å². The van der Waals surface area contributed by atoms with E-state index in [0.717, 1.165) is 14.5 Å². The molecule has 5 heteroatoms. The predicted molar refractivity (Wildman–Crippen MR) is 86.8 cm³/mol. The minimum atomic E-state index is -0.887. The van der Waals surface area contributed by atoms with Gasteiger partial charge in [-0.1, -0.05) is 50.1 Å². The van der Waals surface area contributed by atoms with Gasteiger partial charge in [0.1, 0.15) is 5.82 Å². The quantitative estimate of drug-likeness (QED) is 0.758. The summed E-state index contributed by atoms with van der Waals surface area (Å²) < 4.78 is 14.9. The Balaban J connectivity index is 2.22. The fourth-order valence-electron chi connectivity index (χ4n) is 2.14. The van der Waals surface area contributed by atoms with Crippen LogP contribution < -0.4 is 0 Å². The molecule has 0 aliphatic rings. The second kappa shape index (κ2) is 7.18. The molecule has 0 radical (unpaired) electrons. The first-order valence-corrected chi connectivity index (χ1v) is 7.96. The van der Waals surface area contributed by atoms with Gasteiger partial charge in [0.05, 0.1) is 5.92 Å². The molecule has 110 valence electrons. The molecule has 0 saturated heterocycles. The summed E-state index contributed by atoms with van der Waals surface area (Å²) in [5.74, 6) is -1.86. The maximum Gasteiger partial charge on any atom is 0.307 e. The summed E-state index contributed by atoms with van der Waals surface area (Å²) in [5.41, 5.74) is 1.59. The molecule has 0 aromatic heterocycles. The highest BCUT2D eigenvalue weighted by atomic mass is 79.9. The van der Waals surface area contributed by atoms with Gasteiger partial charge in [-0.15, -0.1) is 0 Å². The monoisotopic (exact) mass is 414 g/mol. The molecular weight excluding hydrogens is 403 g/mol. The normalized spacial score (nSPS) is 12.1. The van der Waals surface area contributed by atoms with E-state index in [1.165, 1.54) is 12.1 Å². The van der Waals surface area contributed by atoms with E-state index in [-0.39, 0.29) is 12.2 Å². The van der Waals surface area contributed by atoms with Crippen LogP contribution >= 0.6 is 31.9 Å². The molecule has 0 aliphatic heterocycles. The van der Waals surface area contributed by atoms with Crippen molar-refractivity contribution in [3.63, 3.8) is 0 Å². The fraction of sp³-hybridized carbons (Fsp3) is 0.188. The van der Waals surface area contributed by atoms with E-state index < -0.39 is 11.9 Å². The minimum Gasteiger partial charge on any atom is -0.481 e. The van der Waals surface area contributed by atoms with Crippen LogP contribution in [0, 0.1) is 11.7 Å². The molecule has 0 bridgehead atoms. The Morgan fingerprint density at radius 2 is 1.67 bits per heavy atom. The molecule has 1 atom stereocenters. The van der Waals surface area contributed by atoms with Crippen molar-refractivity contribution in [3.05, 3.63) is 68.4 Å². The molecule has 2 aromatic carbocycles. The number of carboxylic acids is 1. The van der Waals surface area contributed by atoms with Crippen LogP contribution in [0.5, 0.6) is 0 Å². The molecule has 0 amide bonds. The summed E-state index contributed by atoms with van der Waals surface area (Å²) in [6, 6.07) is 11.8. The number of hydrogen-bond acceptors (Lipinski definition) is 1.